The number of nitrogens with two attached hydrogens (primary N) is 1. The van der Waals surface area contributed by atoms with Crippen molar-refractivity contribution in [3.8, 4) is 0 Å². The normalized spacial score (nSPS) is 29.5. The number of nitrogens with zero attached hydrogens (tertiary/aromatic N) is 1. The molecule has 1 saturated carbocycles. The van der Waals surface area contributed by atoms with Gasteiger partial charge in [-0.05, 0) is 64.5 Å². The maximum Gasteiger partial charge on any atom is 0.325 e. The molecule has 21 heavy (non-hydrogen) atoms. The number of hydrogen-bond donors (Lipinski definition) is 1. The van der Waals surface area contributed by atoms with E-state index in [4.69, 9.17) is 10.5 Å². The number of carbonyl (C=O) groups excluding carboxylic acids is 1. The molecule has 1 aliphatic carbocycles. The lowest BCUT2D eigenvalue weighted by Gasteiger charge is -2.41. The zero-order chi connectivity index (χ0) is 15.3. The molecule has 2 rings (SSSR count). The van der Waals surface area contributed by atoms with E-state index in [1.54, 1.807) is 6.92 Å². The van der Waals surface area contributed by atoms with Crippen molar-refractivity contribution in [2.24, 2.45) is 17.6 Å². The highest BCUT2D eigenvalue weighted by atomic mass is 16.5. The number of likely N-dealkylation sites (tertiary alicyclic amines) is 1. The van der Waals surface area contributed by atoms with Gasteiger partial charge in [0.2, 0.25) is 0 Å². The van der Waals surface area contributed by atoms with E-state index in [2.05, 4.69) is 4.90 Å². The largest absolute Gasteiger partial charge is 0.465 e. The summed E-state index contributed by atoms with van der Waals surface area (Å²) in [7, 11) is 0. The summed E-state index contributed by atoms with van der Waals surface area (Å²) in [6.07, 6.45) is 8.76. The van der Waals surface area contributed by atoms with Gasteiger partial charge in [0.15, 0.2) is 0 Å². The Morgan fingerprint density at radius 3 is 2.71 bits per heavy atom. The summed E-state index contributed by atoms with van der Waals surface area (Å²) < 4.78 is 5.04. The lowest BCUT2D eigenvalue weighted by atomic mass is 9.75. The van der Waals surface area contributed by atoms with Gasteiger partial charge in [0.05, 0.1) is 6.61 Å². The van der Waals surface area contributed by atoms with E-state index in [0.717, 1.165) is 24.8 Å². The first-order chi connectivity index (χ1) is 10.0. The standard InChI is InChI=1S/C17H32N2O2/c1-3-21-16(20)17(2,18)10-6-11-19-12-9-14-7-4-5-8-15(14)13-19/h14-15H,3-13,18H2,1-2H3. The van der Waals surface area contributed by atoms with E-state index in [1.165, 1.54) is 45.2 Å². The van der Waals surface area contributed by atoms with Crippen LogP contribution in [0.15, 0.2) is 0 Å². The molecule has 3 atom stereocenters. The second kappa shape index (κ2) is 7.59. The lowest BCUT2D eigenvalue weighted by molar-refractivity contribution is -0.149. The van der Waals surface area contributed by atoms with Crippen molar-refractivity contribution in [3.05, 3.63) is 0 Å². The van der Waals surface area contributed by atoms with Gasteiger partial charge in [0.1, 0.15) is 5.54 Å². The molecule has 0 amide bonds. The average Bonchev–Trinajstić information content (AvgIpc) is 2.47. The van der Waals surface area contributed by atoms with Crippen LogP contribution < -0.4 is 5.73 Å². The first kappa shape index (κ1) is 16.8. The van der Waals surface area contributed by atoms with Gasteiger partial charge in [-0.1, -0.05) is 19.3 Å². The summed E-state index contributed by atoms with van der Waals surface area (Å²) in [5.74, 6) is 1.63. The topological polar surface area (TPSA) is 55.6 Å². The van der Waals surface area contributed by atoms with Crippen molar-refractivity contribution in [1.82, 2.24) is 4.90 Å². The van der Waals surface area contributed by atoms with Crippen LogP contribution in [0.5, 0.6) is 0 Å². The number of hydrogen-bond acceptors (Lipinski definition) is 4. The Morgan fingerprint density at radius 1 is 1.29 bits per heavy atom. The summed E-state index contributed by atoms with van der Waals surface area (Å²) >= 11 is 0. The first-order valence-electron chi connectivity index (χ1n) is 8.71. The predicted octanol–water partition coefficient (Wildman–Crippen LogP) is 2.56. The number of piperidine rings is 1. The minimum atomic E-state index is -0.834. The van der Waals surface area contributed by atoms with Crippen LogP contribution in [0.25, 0.3) is 0 Å². The van der Waals surface area contributed by atoms with Crippen molar-refractivity contribution in [2.45, 2.75) is 64.3 Å². The predicted molar refractivity (Wildman–Crippen MR) is 85.0 cm³/mol. The molecule has 1 saturated heterocycles. The van der Waals surface area contributed by atoms with Crippen LogP contribution in [0.1, 0.15) is 58.8 Å². The van der Waals surface area contributed by atoms with Crippen LogP contribution in [-0.2, 0) is 9.53 Å². The molecule has 4 heteroatoms. The molecule has 1 heterocycles. The average molecular weight is 296 g/mol. The quantitative estimate of drug-likeness (QED) is 0.765. The summed E-state index contributed by atoms with van der Waals surface area (Å²) in [6.45, 7) is 7.56. The van der Waals surface area contributed by atoms with E-state index in [-0.39, 0.29) is 5.97 Å². The molecule has 2 aliphatic rings. The molecule has 2 fully saturated rings. The highest BCUT2D eigenvalue weighted by molar-refractivity contribution is 5.79. The fourth-order valence-electron chi connectivity index (χ4n) is 3.95. The van der Waals surface area contributed by atoms with Crippen molar-refractivity contribution in [3.63, 3.8) is 0 Å². The molecular formula is C17H32N2O2. The molecule has 2 N–H and O–H groups in total. The molecule has 0 aromatic heterocycles. The molecular weight excluding hydrogens is 264 g/mol. The molecule has 1 aliphatic heterocycles. The maximum atomic E-state index is 11.8. The van der Waals surface area contributed by atoms with Gasteiger partial charge in [0.25, 0.3) is 0 Å². The van der Waals surface area contributed by atoms with Crippen LogP contribution in [-0.4, -0.2) is 42.6 Å². The van der Waals surface area contributed by atoms with Crippen molar-refractivity contribution >= 4 is 5.97 Å². The Hall–Kier alpha value is -0.610. The minimum Gasteiger partial charge on any atom is -0.465 e. The van der Waals surface area contributed by atoms with Gasteiger partial charge >= 0.3 is 5.97 Å². The van der Waals surface area contributed by atoms with Gasteiger partial charge in [-0.15, -0.1) is 0 Å². The van der Waals surface area contributed by atoms with E-state index >= 15 is 0 Å². The summed E-state index contributed by atoms with van der Waals surface area (Å²) in [6, 6.07) is 0. The van der Waals surface area contributed by atoms with E-state index in [9.17, 15) is 4.79 Å². The third kappa shape index (κ3) is 4.68. The molecule has 122 valence electrons. The Balaban J connectivity index is 1.70. The highest BCUT2D eigenvalue weighted by Gasteiger charge is 2.32. The number of fused-ring (bicyclic) bond motifs is 1. The second-order valence-corrected chi connectivity index (χ2v) is 7.14. The maximum absolute atomic E-state index is 11.8. The van der Waals surface area contributed by atoms with E-state index in [0.29, 0.717) is 13.0 Å². The molecule has 4 nitrogen and oxygen atoms in total. The molecule has 0 bridgehead atoms. The number of rotatable bonds is 6. The van der Waals surface area contributed by atoms with Crippen LogP contribution in [0.2, 0.25) is 0 Å². The third-order valence-electron chi connectivity index (χ3n) is 5.29. The summed E-state index contributed by atoms with van der Waals surface area (Å²) in [4.78, 5) is 14.4. The zero-order valence-electron chi connectivity index (χ0n) is 13.8. The van der Waals surface area contributed by atoms with Crippen LogP contribution in [0.4, 0.5) is 0 Å². The second-order valence-electron chi connectivity index (χ2n) is 7.14. The zero-order valence-corrected chi connectivity index (χ0v) is 13.8. The third-order valence-corrected chi connectivity index (χ3v) is 5.29. The fraction of sp³-hybridized carbons (Fsp3) is 0.941. The van der Waals surface area contributed by atoms with Crippen LogP contribution in [0, 0.1) is 11.8 Å². The smallest absolute Gasteiger partial charge is 0.325 e. The van der Waals surface area contributed by atoms with Gasteiger partial charge in [-0.3, -0.25) is 4.79 Å². The fourth-order valence-corrected chi connectivity index (χ4v) is 3.95. The minimum absolute atomic E-state index is 0.268. The van der Waals surface area contributed by atoms with Crippen molar-refractivity contribution in [1.29, 1.82) is 0 Å². The van der Waals surface area contributed by atoms with Crippen LogP contribution >= 0.6 is 0 Å². The molecule has 0 aromatic rings. The van der Waals surface area contributed by atoms with Gasteiger partial charge in [0, 0.05) is 6.54 Å². The van der Waals surface area contributed by atoms with E-state index < -0.39 is 5.54 Å². The molecule has 0 radical (unpaired) electrons. The summed E-state index contributed by atoms with van der Waals surface area (Å²) in [5, 5.41) is 0. The van der Waals surface area contributed by atoms with Gasteiger partial charge in [-0.25, -0.2) is 0 Å². The van der Waals surface area contributed by atoms with Gasteiger partial charge in [-0.2, -0.15) is 0 Å². The SMILES string of the molecule is CCOC(=O)C(C)(N)CCCN1CCC2CCCCC2C1. The monoisotopic (exact) mass is 296 g/mol. The summed E-state index contributed by atoms with van der Waals surface area (Å²) in [5.41, 5.74) is 5.24. The number of carbonyl (C=O) groups is 1. The Morgan fingerprint density at radius 2 is 2.00 bits per heavy atom. The number of ether oxygens (including phenoxy) is 1. The van der Waals surface area contributed by atoms with Gasteiger partial charge < -0.3 is 15.4 Å². The van der Waals surface area contributed by atoms with Crippen LogP contribution in [0.3, 0.4) is 0 Å². The lowest BCUT2D eigenvalue weighted by Crippen LogP contribution is -2.47. The Labute approximate surface area is 129 Å². The highest BCUT2D eigenvalue weighted by Crippen LogP contribution is 2.36. The van der Waals surface area contributed by atoms with E-state index in [1.807, 2.05) is 6.92 Å². The molecule has 3 unspecified atom stereocenters. The molecule has 0 spiro atoms. The molecule has 0 aromatic carbocycles. The van der Waals surface area contributed by atoms with Crippen molar-refractivity contribution < 1.29 is 9.53 Å². The Bertz CT molecular complexity index is 344. The first-order valence-corrected chi connectivity index (χ1v) is 8.71. The Kier molecular flexibility index (Phi) is 6.06. The van der Waals surface area contributed by atoms with Crippen molar-refractivity contribution in [2.75, 3.05) is 26.2 Å². The number of esters is 1.